The minimum atomic E-state index is -0.393. The molecule has 1 N–H and O–H groups in total. The maximum atomic E-state index is 11.3. The molecule has 2 aliphatic carbocycles. The lowest BCUT2D eigenvalue weighted by atomic mass is 9.46. The summed E-state index contributed by atoms with van der Waals surface area (Å²) in [6, 6.07) is 0. The van der Waals surface area contributed by atoms with Crippen LogP contribution in [0.25, 0.3) is 0 Å². The molecule has 128 valence electrons. The van der Waals surface area contributed by atoms with Crippen molar-refractivity contribution in [1.29, 1.82) is 0 Å². The molecule has 0 spiro atoms. The number of aliphatic hydroxyl groups excluding tert-OH is 1. The van der Waals surface area contributed by atoms with Gasteiger partial charge in [-0.2, -0.15) is 0 Å². The molecule has 23 heavy (non-hydrogen) atoms. The van der Waals surface area contributed by atoms with Crippen LogP contribution >= 0.6 is 0 Å². The number of rotatable bonds is 2. The zero-order valence-corrected chi connectivity index (χ0v) is 14.7. The first-order chi connectivity index (χ1) is 10.7. The summed E-state index contributed by atoms with van der Waals surface area (Å²) in [6.45, 7) is 11.8. The number of esters is 1. The van der Waals surface area contributed by atoms with Gasteiger partial charge < -0.3 is 9.84 Å². The Hall–Kier alpha value is -1.09. The normalized spacial score (nSPS) is 41.7. The van der Waals surface area contributed by atoms with E-state index in [-0.39, 0.29) is 16.8 Å². The first kappa shape index (κ1) is 16.8. The van der Waals surface area contributed by atoms with Gasteiger partial charge in [0.15, 0.2) is 0 Å². The zero-order valence-electron chi connectivity index (χ0n) is 14.7. The summed E-state index contributed by atoms with van der Waals surface area (Å²) in [5.74, 6) is 0.690. The Labute approximate surface area is 139 Å². The second-order valence-corrected chi connectivity index (χ2v) is 8.72. The van der Waals surface area contributed by atoms with Crippen molar-refractivity contribution in [3.05, 3.63) is 23.8 Å². The standard InChI is InChI=1S/C20H30O3/c1-13-15(7-6-14-10-18(22)23-12-14)20(4)9-5-8-19(2,3)17(20)11-16(13)21/h6,15-17,21H,1,5,7-12H2,2-4H3/t15-,16-,17-,20+/m0/s1. The van der Waals surface area contributed by atoms with Gasteiger partial charge in [-0.25, -0.2) is 0 Å². The average Bonchev–Trinajstić information content (AvgIpc) is 2.87. The number of allylic oxidation sites excluding steroid dienone is 1. The largest absolute Gasteiger partial charge is 0.461 e. The molecule has 0 aromatic rings. The molecule has 0 amide bonds. The van der Waals surface area contributed by atoms with E-state index in [0.29, 0.717) is 24.9 Å². The lowest BCUT2D eigenvalue weighted by Crippen LogP contribution is -2.52. The number of carbonyl (C=O) groups is 1. The monoisotopic (exact) mass is 318 g/mol. The van der Waals surface area contributed by atoms with Crippen molar-refractivity contribution in [2.75, 3.05) is 6.61 Å². The second-order valence-electron chi connectivity index (χ2n) is 8.72. The highest BCUT2D eigenvalue weighted by atomic mass is 16.5. The Kier molecular flexibility index (Phi) is 4.20. The van der Waals surface area contributed by atoms with E-state index in [1.807, 2.05) is 0 Å². The lowest BCUT2D eigenvalue weighted by molar-refractivity contribution is -0.137. The fraction of sp³-hybridized carbons (Fsp3) is 0.750. The molecule has 0 bridgehead atoms. The quantitative estimate of drug-likeness (QED) is 0.618. The lowest BCUT2D eigenvalue weighted by Gasteiger charge is -2.59. The van der Waals surface area contributed by atoms with Crippen LogP contribution in [0.1, 0.15) is 59.3 Å². The zero-order chi connectivity index (χ0) is 16.8. The predicted molar refractivity (Wildman–Crippen MR) is 90.8 cm³/mol. The molecule has 3 rings (SSSR count). The van der Waals surface area contributed by atoms with Crippen molar-refractivity contribution in [1.82, 2.24) is 0 Å². The molecular formula is C20H30O3. The summed E-state index contributed by atoms with van der Waals surface area (Å²) < 4.78 is 5.04. The van der Waals surface area contributed by atoms with Crippen LogP contribution in [0.2, 0.25) is 0 Å². The Morgan fingerprint density at radius 1 is 1.35 bits per heavy atom. The Balaban J connectivity index is 1.86. The van der Waals surface area contributed by atoms with Crippen molar-refractivity contribution in [3.63, 3.8) is 0 Å². The summed E-state index contributed by atoms with van der Waals surface area (Å²) in [7, 11) is 0. The van der Waals surface area contributed by atoms with Crippen LogP contribution in [-0.2, 0) is 9.53 Å². The molecule has 0 aromatic carbocycles. The predicted octanol–water partition coefficient (Wildman–Crippen LogP) is 4.02. The molecule has 0 radical (unpaired) electrons. The highest BCUT2D eigenvalue weighted by Crippen LogP contribution is 2.61. The van der Waals surface area contributed by atoms with Crippen molar-refractivity contribution in [2.24, 2.45) is 22.7 Å². The van der Waals surface area contributed by atoms with E-state index in [9.17, 15) is 9.90 Å². The molecule has 4 atom stereocenters. The second kappa shape index (κ2) is 5.77. The maximum Gasteiger partial charge on any atom is 0.310 e. The molecule has 3 heteroatoms. The third kappa shape index (κ3) is 2.88. The number of carbonyl (C=O) groups excluding carboxylic acids is 1. The average molecular weight is 318 g/mol. The van der Waals surface area contributed by atoms with Gasteiger partial charge in [-0.05, 0) is 59.5 Å². The number of fused-ring (bicyclic) bond motifs is 1. The molecule has 2 saturated carbocycles. The number of ether oxygens (including phenoxy) is 1. The van der Waals surface area contributed by atoms with Crippen LogP contribution in [0.15, 0.2) is 23.8 Å². The van der Waals surface area contributed by atoms with Crippen LogP contribution in [0.4, 0.5) is 0 Å². The van der Waals surface area contributed by atoms with Gasteiger partial charge in [0.05, 0.1) is 12.5 Å². The first-order valence-corrected chi connectivity index (χ1v) is 8.94. The molecule has 0 aromatic heterocycles. The third-order valence-corrected chi connectivity index (χ3v) is 6.84. The topological polar surface area (TPSA) is 46.5 Å². The highest BCUT2D eigenvalue weighted by molar-refractivity contribution is 5.75. The molecule has 0 unspecified atom stereocenters. The van der Waals surface area contributed by atoms with Gasteiger partial charge in [0.2, 0.25) is 0 Å². The maximum absolute atomic E-state index is 11.3. The van der Waals surface area contributed by atoms with E-state index in [4.69, 9.17) is 4.74 Å². The van der Waals surface area contributed by atoms with Crippen LogP contribution < -0.4 is 0 Å². The summed E-state index contributed by atoms with van der Waals surface area (Å²) in [5, 5.41) is 10.6. The highest BCUT2D eigenvalue weighted by Gasteiger charge is 2.54. The molecule has 3 nitrogen and oxygen atoms in total. The SMILES string of the molecule is C=C1[C@@H](O)C[C@H]2C(C)(C)CCC[C@]2(C)[C@H]1CC=C1COC(=O)C1. The number of hydrogen-bond acceptors (Lipinski definition) is 3. The van der Waals surface area contributed by atoms with E-state index >= 15 is 0 Å². The smallest absolute Gasteiger partial charge is 0.310 e. The minimum absolute atomic E-state index is 0.123. The minimum Gasteiger partial charge on any atom is -0.461 e. The fourth-order valence-corrected chi connectivity index (χ4v) is 5.50. The van der Waals surface area contributed by atoms with E-state index < -0.39 is 6.10 Å². The summed E-state index contributed by atoms with van der Waals surface area (Å²) in [4.78, 5) is 11.3. The molecule has 1 saturated heterocycles. The van der Waals surface area contributed by atoms with Gasteiger partial charge in [-0.3, -0.25) is 4.79 Å². The van der Waals surface area contributed by atoms with Crippen LogP contribution in [0.3, 0.4) is 0 Å². The van der Waals surface area contributed by atoms with Gasteiger partial charge in [-0.15, -0.1) is 0 Å². The molecule has 3 aliphatic rings. The van der Waals surface area contributed by atoms with Gasteiger partial charge >= 0.3 is 5.97 Å². The fourth-order valence-electron chi connectivity index (χ4n) is 5.50. The third-order valence-electron chi connectivity index (χ3n) is 6.84. The van der Waals surface area contributed by atoms with Crippen molar-refractivity contribution >= 4 is 5.97 Å². The summed E-state index contributed by atoms with van der Waals surface area (Å²) in [5.41, 5.74) is 2.53. The van der Waals surface area contributed by atoms with Gasteiger partial charge in [0.25, 0.3) is 0 Å². The van der Waals surface area contributed by atoms with E-state index in [1.54, 1.807) is 0 Å². The van der Waals surface area contributed by atoms with Crippen molar-refractivity contribution in [2.45, 2.75) is 65.4 Å². The first-order valence-electron chi connectivity index (χ1n) is 8.94. The molecule has 3 fully saturated rings. The van der Waals surface area contributed by atoms with E-state index in [2.05, 4.69) is 33.4 Å². The van der Waals surface area contributed by atoms with Gasteiger partial charge in [-0.1, -0.05) is 39.8 Å². The Bertz CT molecular complexity index is 545. The van der Waals surface area contributed by atoms with Crippen LogP contribution in [0.5, 0.6) is 0 Å². The molecular weight excluding hydrogens is 288 g/mol. The molecule has 1 heterocycles. The Morgan fingerprint density at radius 3 is 2.74 bits per heavy atom. The van der Waals surface area contributed by atoms with Crippen molar-refractivity contribution < 1.29 is 14.6 Å². The van der Waals surface area contributed by atoms with Crippen LogP contribution in [-0.4, -0.2) is 23.8 Å². The van der Waals surface area contributed by atoms with Crippen molar-refractivity contribution in [3.8, 4) is 0 Å². The number of cyclic esters (lactones) is 1. The van der Waals surface area contributed by atoms with Gasteiger partial charge in [0.1, 0.15) is 6.61 Å². The summed E-state index contributed by atoms with van der Waals surface area (Å²) in [6.07, 6.45) is 7.60. The molecule has 1 aliphatic heterocycles. The Morgan fingerprint density at radius 2 is 2.09 bits per heavy atom. The van der Waals surface area contributed by atoms with Crippen LogP contribution in [0, 0.1) is 22.7 Å². The number of aliphatic hydroxyl groups is 1. The van der Waals surface area contributed by atoms with E-state index in [1.165, 1.54) is 19.3 Å². The van der Waals surface area contributed by atoms with Gasteiger partial charge in [0, 0.05) is 0 Å². The number of hydrogen-bond donors (Lipinski definition) is 1. The summed E-state index contributed by atoms with van der Waals surface area (Å²) >= 11 is 0. The van der Waals surface area contributed by atoms with E-state index in [0.717, 1.165) is 24.0 Å².